The van der Waals surface area contributed by atoms with E-state index in [2.05, 4.69) is 47.6 Å². The first-order valence-electron chi connectivity index (χ1n) is 17.4. The van der Waals surface area contributed by atoms with Gasteiger partial charge in [0.05, 0.1) is 24.7 Å². The van der Waals surface area contributed by atoms with E-state index in [1.165, 1.54) is 5.57 Å². The van der Waals surface area contributed by atoms with Gasteiger partial charge in [0.15, 0.2) is 6.29 Å². The van der Waals surface area contributed by atoms with Crippen LogP contribution in [0.5, 0.6) is 0 Å². The highest BCUT2D eigenvalue weighted by Gasteiger charge is 2.69. The van der Waals surface area contributed by atoms with Crippen molar-refractivity contribution in [1.29, 1.82) is 0 Å². The molecule has 0 radical (unpaired) electrons. The van der Waals surface area contributed by atoms with Gasteiger partial charge in [-0.3, -0.25) is 4.79 Å². The fourth-order valence-electron chi connectivity index (χ4n) is 12.1. The van der Waals surface area contributed by atoms with Gasteiger partial charge in [-0.25, -0.2) is 0 Å². The normalized spacial score (nSPS) is 54.1. The van der Waals surface area contributed by atoms with Gasteiger partial charge in [0.25, 0.3) is 0 Å². The summed E-state index contributed by atoms with van der Waals surface area (Å²) in [6.07, 6.45) is 3.63. The Hall–Kier alpha value is -1.07. The van der Waals surface area contributed by atoms with Gasteiger partial charge < -0.3 is 40.1 Å². The minimum Gasteiger partial charge on any atom is -0.481 e. The minimum absolute atomic E-state index is 0.0179. The van der Waals surface area contributed by atoms with E-state index in [0.717, 1.165) is 57.8 Å². The number of rotatable bonds is 5. The standard InChI is InChI=1S/C36H58O9/c1-31(2)13-15-36(30(42)43)16-14-34(5)20(21(36)17-31)7-8-24-32(3)11-10-25(38)33(4,23(32)9-12-35(24,34)6)19-44-29-28(41)27(40)26(39)22(18-37)45-29/h7,21-29,37-41H,8-19H2,1-6H3,(H,42,43). The van der Waals surface area contributed by atoms with Gasteiger partial charge in [-0.05, 0) is 104 Å². The molecule has 1 heterocycles. The van der Waals surface area contributed by atoms with Crippen LogP contribution in [-0.4, -0.2) is 86.6 Å². The van der Waals surface area contributed by atoms with E-state index in [-0.39, 0.29) is 40.1 Å². The lowest BCUT2D eigenvalue weighted by molar-refractivity contribution is -0.315. The number of aliphatic hydroxyl groups excluding tert-OH is 5. The fourth-order valence-corrected chi connectivity index (χ4v) is 12.1. The molecular formula is C36H58O9. The highest BCUT2D eigenvalue weighted by Crippen LogP contribution is 2.75. The Bertz CT molecular complexity index is 1200. The van der Waals surface area contributed by atoms with Crippen LogP contribution in [-0.2, 0) is 14.3 Å². The molecule has 5 fully saturated rings. The third-order valence-corrected chi connectivity index (χ3v) is 15.2. The summed E-state index contributed by atoms with van der Waals surface area (Å²) < 4.78 is 11.8. The lowest BCUT2D eigenvalue weighted by Gasteiger charge is -2.71. The molecule has 6 aliphatic rings. The van der Waals surface area contributed by atoms with Crippen LogP contribution in [0, 0.1) is 50.2 Å². The zero-order valence-electron chi connectivity index (χ0n) is 28.2. The first kappa shape index (κ1) is 33.8. The van der Waals surface area contributed by atoms with Crippen molar-refractivity contribution < 1.29 is 44.9 Å². The van der Waals surface area contributed by atoms with Gasteiger partial charge >= 0.3 is 5.97 Å². The van der Waals surface area contributed by atoms with Crippen molar-refractivity contribution in [3.8, 4) is 0 Å². The molecule has 14 atom stereocenters. The second-order valence-corrected chi connectivity index (χ2v) is 17.7. The van der Waals surface area contributed by atoms with Crippen LogP contribution in [0.1, 0.15) is 106 Å². The van der Waals surface area contributed by atoms with Gasteiger partial charge in [0.2, 0.25) is 0 Å². The zero-order valence-corrected chi connectivity index (χ0v) is 28.2. The predicted molar refractivity (Wildman–Crippen MR) is 167 cm³/mol. The zero-order chi connectivity index (χ0) is 33.0. The molecule has 6 rings (SSSR count). The first-order chi connectivity index (χ1) is 20.9. The molecule has 0 aromatic heterocycles. The molecule has 45 heavy (non-hydrogen) atoms. The first-order valence-corrected chi connectivity index (χ1v) is 17.4. The third-order valence-electron chi connectivity index (χ3n) is 15.2. The van der Waals surface area contributed by atoms with Crippen molar-refractivity contribution in [2.24, 2.45) is 50.2 Å². The fraction of sp³-hybridized carbons (Fsp3) is 0.917. The molecule has 4 saturated carbocycles. The Kier molecular flexibility index (Phi) is 8.25. The van der Waals surface area contributed by atoms with Crippen molar-refractivity contribution in [3.63, 3.8) is 0 Å². The quantitative estimate of drug-likeness (QED) is 0.246. The monoisotopic (exact) mass is 634 g/mol. The maximum atomic E-state index is 12.9. The van der Waals surface area contributed by atoms with Crippen LogP contribution in [0.25, 0.3) is 0 Å². The number of hydrogen-bond donors (Lipinski definition) is 6. The summed E-state index contributed by atoms with van der Waals surface area (Å²) in [7, 11) is 0. The molecule has 5 aliphatic carbocycles. The summed E-state index contributed by atoms with van der Waals surface area (Å²) in [5, 5.41) is 63.0. The minimum atomic E-state index is -1.51. The summed E-state index contributed by atoms with van der Waals surface area (Å²) in [5.41, 5.74) is -0.00794. The van der Waals surface area contributed by atoms with Crippen LogP contribution in [0.4, 0.5) is 0 Å². The molecule has 0 aromatic rings. The number of hydrogen-bond acceptors (Lipinski definition) is 8. The maximum Gasteiger partial charge on any atom is 0.310 e. The molecule has 1 aliphatic heterocycles. The van der Waals surface area contributed by atoms with Crippen molar-refractivity contribution >= 4 is 5.97 Å². The molecule has 1 saturated heterocycles. The van der Waals surface area contributed by atoms with Gasteiger partial charge in [0, 0.05) is 5.41 Å². The molecule has 0 spiro atoms. The number of carboxylic acids is 1. The van der Waals surface area contributed by atoms with Gasteiger partial charge in [-0.1, -0.05) is 53.2 Å². The Morgan fingerprint density at radius 3 is 2.24 bits per heavy atom. The van der Waals surface area contributed by atoms with Crippen molar-refractivity contribution in [2.45, 2.75) is 143 Å². The van der Waals surface area contributed by atoms with E-state index in [4.69, 9.17) is 9.47 Å². The third kappa shape index (κ3) is 4.68. The topological polar surface area (TPSA) is 157 Å². The summed E-state index contributed by atoms with van der Waals surface area (Å²) in [6, 6.07) is 0. The molecule has 256 valence electrons. The van der Waals surface area contributed by atoms with Crippen LogP contribution >= 0.6 is 0 Å². The van der Waals surface area contributed by atoms with E-state index < -0.39 is 60.2 Å². The van der Waals surface area contributed by atoms with E-state index in [0.29, 0.717) is 12.3 Å². The van der Waals surface area contributed by atoms with Crippen LogP contribution in [0.2, 0.25) is 0 Å². The van der Waals surface area contributed by atoms with E-state index in [1.807, 2.05) is 0 Å². The molecule has 0 bridgehead atoms. The summed E-state index contributed by atoms with van der Waals surface area (Å²) in [5.74, 6) is -0.0763. The number of aliphatic carboxylic acids is 1. The Balaban J connectivity index is 1.30. The number of aliphatic hydroxyl groups is 5. The van der Waals surface area contributed by atoms with Gasteiger partial charge in [0.1, 0.15) is 24.4 Å². The largest absolute Gasteiger partial charge is 0.481 e. The summed E-state index contributed by atoms with van der Waals surface area (Å²) in [4.78, 5) is 12.9. The molecule has 6 N–H and O–H groups in total. The lowest BCUT2D eigenvalue weighted by Crippen LogP contribution is -2.66. The van der Waals surface area contributed by atoms with Crippen molar-refractivity contribution in [2.75, 3.05) is 13.2 Å². The lowest BCUT2D eigenvalue weighted by atomic mass is 9.33. The maximum absolute atomic E-state index is 12.9. The average molecular weight is 635 g/mol. The second-order valence-electron chi connectivity index (χ2n) is 17.7. The molecule has 9 nitrogen and oxygen atoms in total. The number of carbonyl (C=O) groups is 1. The van der Waals surface area contributed by atoms with E-state index >= 15 is 0 Å². The smallest absolute Gasteiger partial charge is 0.310 e. The number of allylic oxidation sites excluding steroid dienone is 2. The summed E-state index contributed by atoms with van der Waals surface area (Å²) >= 11 is 0. The van der Waals surface area contributed by atoms with E-state index in [9.17, 15) is 35.4 Å². The number of carboxylic acid groups (broad SMARTS) is 1. The van der Waals surface area contributed by atoms with Gasteiger partial charge in [-0.15, -0.1) is 0 Å². The highest BCUT2D eigenvalue weighted by molar-refractivity contribution is 5.76. The van der Waals surface area contributed by atoms with Crippen LogP contribution < -0.4 is 0 Å². The predicted octanol–water partition coefficient (Wildman–Crippen LogP) is 4.03. The Morgan fingerprint density at radius 1 is 0.889 bits per heavy atom. The number of ether oxygens (including phenoxy) is 2. The highest BCUT2D eigenvalue weighted by atomic mass is 16.7. The Labute approximate surface area is 268 Å². The SMILES string of the molecule is CC1(C)CCC2(C(=O)O)CCC3(C)C(=CCC4C5(C)CCC(O)C(C)(COC6OC(CO)C(O)C(O)C6O)C5CCC43C)C2C1. The molecule has 14 unspecified atom stereocenters. The second kappa shape index (κ2) is 11.0. The Morgan fingerprint density at radius 2 is 1.58 bits per heavy atom. The van der Waals surface area contributed by atoms with E-state index in [1.54, 1.807) is 0 Å². The molecule has 0 aromatic carbocycles. The van der Waals surface area contributed by atoms with Crippen LogP contribution in [0.15, 0.2) is 11.6 Å². The van der Waals surface area contributed by atoms with Gasteiger partial charge in [-0.2, -0.15) is 0 Å². The number of fused-ring (bicyclic) bond motifs is 7. The molecular weight excluding hydrogens is 576 g/mol. The average Bonchev–Trinajstić information content (AvgIpc) is 2.98. The van der Waals surface area contributed by atoms with Crippen LogP contribution in [0.3, 0.4) is 0 Å². The van der Waals surface area contributed by atoms with Crippen molar-refractivity contribution in [3.05, 3.63) is 11.6 Å². The molecule has 0 amide bonds. The molecule has 9 heteroatoms. The van der Waals surface area contributed by atoms with Crippen molar-refractivity contribution in [1.82, 2.24) is 0 Å². The summed E-state index contributed by atoms with van der Waals surface area (Å²) in [6.45, 7) is 13.6.